The number of benzene rings is 2. The van der Waals surface area contributed by atoms with Crippen LogP contribution < -0.4 is 4.72 Å². The van der Waals surface area contributed by atoms with Crippen molar-refractivity contribution in [3.8, 4) is 0 Å². The van der Waals surface area contributed by atoms with Gasteiger partial charge < -0.3 is 9.64 Å². The SMILES string of the molecule is O=C(c1cccc(S(=O)(=O)Nc2ccccc2F)c1)N1CCN(CC2CCCO2)CC1. The standard InChI is InChI=1S/C22H26FN3O4S/c23-20-8-1-2-9-21(20)24-31(28,29)19-7-3-5-17(15-19)22(27)26-12-10-25(11-13-26)16-18-6-4-14-30-18/h1-3,5,7-9,15,18,24H,4,6,10-14,16H2. The Morgan fingerprint density at radius 3 is 2.58 bits per heavy atom. The minimum atomic E-state index is -4.03. The Morgan fingerprint density at radius 1 is 1.10 bits per heavy atom. The average molecular weight is 448 g/mol. The predicted molar refractivity (Wildman–Crippen MR) is 115 cm³/mol. The molecule has 2 saturated heterocycles. The Balaban J connectivity index is 1.41. The summed E-state index contributed by atoms with van der Waals surface area (Å²) in [4.78, 5) is 16.9. The summed E-state index contributed by atoms with van der Waals surface area (Å²) in [6.45, 7) is 4.40. The monoisotopic (exact) mass is 447 g/mol. The number of carbonyl (C=O) groups excluding carboxylic acids is 1. The van der Waals surface area contributed by atoms with E-state index < -0.39 is 15.8 Å². The van der Waals surface area contributed by atoms with Crippen molar-refractivity contribution < 1.29 is 22.3 Å². The maximum Gasteiger partial charge on any atom is 0.262 e. The molecular formula is C22H26FN3O4S. The smallest absolute Gasteiger partial charge is 0.262 e. The first-order chi connectivity index (χ1) is 14.9. The summed E-state index contributed by atoms with van der Waals surface area (Å²) in [5.74, 6) is -0.876. The zero-order valence-electron chi connectivity index (χ0n) is 17.2. The quantitative estimate of drug-likeness (QED) is 0.736. The lowest BCUT2D eigenvalue weighted by Gasteiger charge is -2.35. The first-order valence-electron chi connectivity index (χ1n) is 10.4. The van der Waals surface area contributed by atoms with Gasteiger partial charge in [0.2, 0.25) is 0 Å². The maximum absolute atomic E-state index is 13.8. The van der Waals surface area contributed by atoms with Crippen LogP contribution in [0.25, 0.3) is 0 Å². The second-order valence-corrected chi connectivity index (χ2v) is 9.52. The van der Waals surface area contributed by atoms with Gasteiger partial charge in [-0.05, 0) is 43.2 Å². The van der Waals surface area contributed by atoms with Crippen molar-refractivity contribution in [3.05, 3.63) is 59.9 Å². The number of sulfonamides is 1. The lowest BCUT2D eigenvalue weighted by atomic mass is 10.1. The third-order valence-electron chi connectivity index (χ3n) is 5.65. The molecule has 0 bridgehead atoms. The molecule has 166 valence electrons. The molecule has 1 unspecified atom stereocenters. The molecule has 0 spiro atoms. The van der Waals surface area contributed by atoms with Crippen molar-refractivity contribution in [2.24, 2.45) is 0 Å². The van der Waals surface area contributed by atoms with Gasteiger partial charge in [-0.25, -0.2) is 12.8 Å². The number of amides is 1. The van der Waals surface area contributed by atoms with E-state index in [1.165, 1.54) is 36.4 Å². The van der Waals surface area contributed by atoms with E-state index in [1.807, 2.05) is 0 Å². The Kier molecular flexibility index (Phi) is 6.54. The number of para-hydroxylation sites is 1. The Labute approximate surface area is 181 Å². The van der Waals surface area contributed by atoms with Crippen molar-refractivity contribution >= 4 is 21.6 Å². The molecule has 0 radical (unpaired) electrons. The van der Waals surface area contributed by atoms with Crippen LogP contribution in [0, 0.1) is 5.82 Å². The van der Waals surface area contributed by atoms with E-state index in [4.69, 9.17) is 4.74 Å². The molecule has 7 nitrogen and oxygen atoms in total. The largest absolute Gasteiger partial charge is 0.377 e. The van der Waals surface area contributed by atoms with E-state index >= 15 is 0 Å². The van der Waals surface area contributed by atoms with Crippen LogP contribution in [0.15, 0.2) is 53.4 Å². The minimum Gasteiger partial charge on any atom is -0.377 e. The lowest BCUT2D eigenvalue weighted by molar-refractivity contribution is 0.0432. The third-order valence-corrected chi connectivity index (χ3v) is 7.02. The molecule has 0 aromatic heterocycles. The van der Waals surface area contributed by atoms with Gasteiger partial charge in [0.05, 0.1) is 16.7 Å². The van der Waals surface area contributed by atoms with Crippen molar-refractivity contribution in [1.29, 1.82) is 0 Å². The molecule has 9 heteroatoms. The van der Waals surface area contributed by atoms with Crippen LogP contribution in [0.1, 0.15) is 23.2 Å². The van der Waals surface area contributed by atoms with Gasteiger partial charge >= 0.3 is 0 Å². The summed E-state index contributed by atoms with van der Waals surface area (Å²) in [6.07, 6.45) is 2.47. The van der Waals surface area contributed by atoms with Gasteiger partial charge in [-0.1, -0.05) is 18.2 Å². The molecule has 2 aliphatic rings. The maximum atomic E-state index is 13.8. The highest BCUT2D eigenvalue weighted by Gasteiger charge is 2.26. The van der Waals surface area contributed by atoms with Gasteiger partial charge in [-0.15, -0.1) is 0 Å². The van der Waals surface area contributed by atoms with Crippen molar-refractivity contribution in [3.63, 3.8) is 0 Å². The second-order valence-electron chi connectivity index (χ2n) is 7.84. The van der Waals surface area contributed by atoms with Gasteiger partial charge in [0.1, 0.15) is 5.82 Å². The fourth-order valence-corrected chi connectivity index (χ4v) is 5.05. The van der Waals surface area contributed by atoms with Gasteiger partial charge in [0.25, 0.3) is 15.9 Å². The topological polar surface area (TPSA) is 79.0 Å². The molecule has 2 fully saturated rings. The highest BCUT2D eigenvalue weighted by molar-refractivity contribution is 7.92. The molecule has 1 N–H and O–H groups in total. The number of rotatable bonds is 6. The number of hydrogen-bond donors (Lipinski definition) is 1. The molecule has 1 atom stereocenters. The zero-order chi connectivity index (χ0) is 21.8. The zero-order valence-corrected chi connectivity index (χ0v) is 18.0. The number of halogens is 1. The van der Waals surface area contributed by atoms with Crippen LogP contribution in [0.5, 0.6) is 0 Å². The Hall–Kier alpha value is -2.49. The number of anilines is 1. The summed E-state index contributed by atoms with van der Waals surface area (Å²) in [5.41, 5.74) is 0.158. The van der Waals surface area contributed by atoms with Gasteiger partial charge in [0.15, 0.2) is 0 Å². The van der Waals surface area contributed by atoms with Crippen LogP contribution in [0.4, 0.5) is 10.1 Å². The Bertz CT molecular complexity index is 1030. The normalized spacial score (nSPS) is 20.0. The molecule has 2 aromatic rings. The fraction of sp³-hybridized carbons (Fsp3) is 0.409. The lowest BCUT2D eigenvalue weighted by Crippen LogP contribution is -2.50. The van der Waals surface area contributed by atoms with Gasteiger partial charge in [-0.2, -0.15) is 0 Å². The van der Waals surface area contributed by atoms with E-state index in [9.17, 15) is 17.6 Å². The third kappa shape index (κ3) is 5.23. The van der Waals surface area contributed by atoms with Gasteiger partial charge in [0, 0.05) is 44.9 Å². The molecule has 0 aliphatic carbocycles. The first-order valence-corrected chi connectivity index (χ1v) is 11.9. The van der Waals surface area contributed by atoms with Crippen LogP contribution in [-0.4, -0.2) is 69.6 Å². The second kappa shape index (κ2) is 9.33. The predicted octanol–water partition coefficient (Wildman–Crippen LogP) is 2.56. The molecule has 2 aromatic carbocycles. The highest BCUT2D eigenvalue weighted by atomic mass is 32.2. The van der Waals surface area contributed by atoms with Crippen LogP contribution >= 0.6 is 0 Å². The first kappa shape index (κ1) is 21.7. The Morgan fingerprint density at radius 2 is 1.87 bits per heavy atom. The number of carbonyl (C=O) groups is 1. The van der Waals surface area contributed by atoms with E-state index in [2.05, 4.69) is 9.62 Å². The van der Waals surface area contributed by atoms with Gasteiger partial charge in [-0.3, -0.25) is 14.4 Å². The van der Waals surface area contributed by atoms with Crippen molar-refractivity contribution in [2.45, 2.75) is 23.8 Å². The number of ether oxygens (including phenoxy) is 1. The molecule has 0 saturated carbocycles. The molecular weight excluding hydrogens is 421 g/mol. The molecule has 2 heterocycles. The van der Waals surface area contributed by atoms with Crippen LogP contribution in [0.2, 0.25) is 0 Å². The molecule has 1 amide bonds. The molecule has 4 rings (SSSR count). The van der Waals surface area contributed by atoms with E-state index in [1.54, 1.807) is 17.0 Å². The molecule has 2 aliphatic heterocycles. The number of hydrogen-bond acceptors (Lipinski definition) is 5. The number of piperazine rings is 1. The number of nitrogens with zero attached hydrogens (tertiary/aromatic N) is 2. The van der Waals surface area contributed by atoms with E-state index in [0.29, 0.717) is 18.7 Å². The summed E-state index contributed by atoms with van der Waals surface area (Å²) in [5, 5.41) is 0. The molecule has 31 heavy (non-hydrogen) atoms. The van der Waals surface area contributed by atoms with E-state index in [0.717, 1.165) is 39.1 Å². The van der Waals surface area contributed by atoms with E-state index in [-0.39, 0.29) is 22.6 Å². The highest BCUT2D eigenvalue weighted by Crippen LogP contribution is 2.21. The van der Waals surface area contributed by atoms with Crippen LogP contribution in [0.3, 0.4) is 0 Å². The van der Waals surface area contributed by atoms with Crippen LogP contribution in [-0.2, 0) is 14.8 Å². The summed E-state index contributed by atoms with van der Waals surface area (Å²) < 4.78 is 47.2. The summed E-state index contributed by atoms with van der Waals surface area (Å²) in [6, 6.07) is 11.4. The van der Waals surface area contributed by atoms with Crippen molar-refractivity contribution in [2.75, 3.05) is 44.1 Å². The number of nitrogens with one attached hydrogen (secondary N) is 1. The van der Waals surface area contributed by atoms with Crippen molar-refractivity contribution in [1.82, 2.24) is 9.80 Å². The summed E-state index contributed by atoms with van der Waals surface area (Å²) in [7, 11) is -4.03. The average Bonchev–Trinajstić information content (AvgIpc) is 3.28. The summed E-state index contributed by atoms with van der Waals surface area (Å²) >= 11 is 0. The fourth-order valence-electron chi connectivity index (χ4n) is 3.94. The minimum absolute atomic E-state index is 0.0846.